The minimum atomic E-state index is -0.670. The van der Waals surface area contributed by atoms with Gasteiger partial charge in [0.05, 0.1) is 11.5 Å². The third-order valence-corrected chi connectivity index (χ3v) is 4.34. The van der Waals surface area contributed by atoms with Gasteiger partial charge in [0.25, 0.3) is 11.6 Å². The number of carbonyl (C=O) groups is 2. The lowest BCUT2D eigenvalue weighted by Crippen LogP contribution is -2.34. The molecule has 8 heteroatoms. The fourth-order valence-electron chi connectivity index (χ4n) is 2.14. The monoisotopic (exact) mass is 386 g/mol. The van der Waals surface area contributed by atoms with Crippen LogP contribution < -0.4 is 0 Å². The minimum absolute atomic E-state index is 0.0339. The second-order valence-corrected chi connectivity index (χ2v) is 6.46. The van der Waals surface area contributed by atoms with Crippen LogP contribution in [0.15, 0.2) is 60.5 Å². The lowest BCUT2D eigenvalue weighted by atomic mass is 10.2. The van der Waals surface area contributed by atoms with Crippen molar-refractivity contribution in [3.63, 3.8) is 0 Å². The van der Waals surface area contributed by atoms with Crippen LogP contribution in [0.25, 0.3) is 6.08 Å². The minimum Gasteiger partial charge on any atom is -0.452 e. The molecule has 1 heterocycles. The van der Waals surface area contributed by atoms with Gasteiger partial charge in [-0.05, 0) is 35.2 Å². The van der Waals surface area contributed by atoms with E-state index in [0.29, 0.717) is 18.7 Å². The Balaban J connectivity index is 1.86. The summed E-state index contributed by atoms with van der Waals surface area (Å²) in [6, 6.07) is 9.53. The van der Waals surface area contributed by atoms with Gasteiger partial charge in [0.2, 0.25) is 0 Å². The average Bonchev–Trinajstić information content (AvgIpc) is 3.17. The van der Waals surface area contributed by atoms with Crippen LogP contribution >= 0.6 is 11.3 Å². The number of hydrogen-bond donors (Lipinski definition) is 0. The van der Waals surface area contributed by atoms with E-state index in [2.05, 4.69) is 6.58 Å². The maximum absolute atomic E-state index is 12.3. The Morgan fingerprint density at radius 3 is 2.59 bits per heavy atom. The lowest BCUT2D eigenvalue weighted by molar-refractivity contribution is -0.384. The first kappa shape index (κ1) is 20.1. The quantitative estimate of drug-likeness (QED) is 0.217. The first-order valence-corrected chi connectivity index (χ1v) is 8.88. The lowest BCUT2D eigenvalue weighted by Gasteiger charge is -2.20. The summed E-state index contributed by atoms with van der Waals surface area (Å²) in [6.45, 7) is 4.05. The molecule has 0 saturated heterocycles. The van der Waals surface area contributed by atoms with Gasteiger partial charge in [-0.25, -0.2) is 4.79 Å². The number of nitro benzene ring substituents is 1. The second kappa shape index (κ2) is 10.0. The van der Waals surface area contributed by atoms with Gasteiger partial charge in [-0.2, -0.15) is 0 Å². The van der Waals surface area contributed by atoms with Crippen LogP contribution in [0.1, 0.15) is 10.4 Å². The van der Waals surface area contributed by atoms with Crippen LogP contribution in [0.2, 0.25) is 0 Å². The summed E-state index contributed by atoms with van der Waals surface area (Å²) < 4.78 is 4.98. The number of nitro groups is 1. The van der Waals surface area contributed by atoms with Crippen molar-refractivity contribution < 1.29 is 19.2 Å². The first-order valence-electron chi connectivity index (χ1n) is 8.00. The molecule has 0 aliphatic carbocycles. The highest BCUT2D eigenvalue weighted by Gasteiger charge is 2.15. The van der Waals surface area contributed by atoms with Gasteiger partial charge in [-0.15, -0.1) is 17.9 Å². The Morgan fingerprint density at radius 1 is 1.26 bits per heavy atom. The van der Waals surface area contributed by atoms with Gasteiger partial charge >= 0.3 is 5.97 Å². The molecule has 0 atom stereocenters. The highest BCUT2D eigenvalue weighted by molar-refractivity contribution is 7.09. The van der Waals surface area contributed by atoms with Crippen LogP contribution in [0.4, 0.5) is 5.69 Å². The van der Waals surface area contributed by atoms with Crippen molar-refractivity contribution >= 4 is 35.0 Å². The molecule has 1 amide bonds. The van der Waals surface area contributed by atoms with E-state index in [1.54, 1.807) is 11.0 Å². The van der Waals surface area contributed by atoms with Gasteiger partial charge in [0.15, 0.2) is 6.61 Å². The molecule has 0 N–H and O–H groups in total. The van der Waals surface area contributed by atoms with Crippen molar-refractivity contribution in [1.82, 2.24) is 4.90 Å². The number of rotatable bonds is 9. The van der Waals surface area contributed by atoms with Gasteiger partial charge < -0.3 is 9.64 Å². The van der Waals surface area contributed by atoms with Gasteiger partial charge in [0.1, 0.15) is 0 Å². The van der Waals surface area contributed by atoms with E-state index >= 15 is 0 Å². The van der Waals surface area contributed by atoms with E-state index in [1.807, 2.05) is 17.5 Å². The Bertz CT molecular complexity index is 828. The average molecular weight is 386 g/mol. The highest BCUT2D eigenvalue weighted by Crippen LogP contribution is 2.13. The summed E-state index contributed by atoms with van der Waals surface area (Å²) in [4.78, 5) is 36.7. The second-order valence-electron chi connectivity index (χ2n) is 5.43. The molecule has 27 heavy (non-hydrogen) atoms. The molecule has 1 aromatic heterocycles. The predicted molar refractivity (Wildman–Crippen MR) is 103 cm³/mol. The van der Waals surface area contributed by atoms with Gasteiger partial charge in [-0.1, -0.05) is 12.1 Å². The number of nitrogens with zero attached hydrogens (tertiary/aromatic N) is 2. The maximum Gasteiger partial charge on any atom is 0.331 e. The van der Waals surface area contributed by atoms with Crippen molar-refractivity contribution in [1.29, 1.82) is 0 Å². The summed E-state index contributed by atoms with van der Waals surface area (Å²) in [7, 11) is 0. The molecule has 0 aliphatic rings. The van der Waals surface area contributed by atoms with E-state index in [1.165, 1.54) is 47.8 Å². The van der Waals surface area contributed by atoms with Crippen molar-refractivity contribution in [3.8, 4) is 0 Å². The summed E-state index contributed by atoms with van der Waals surface area (Å²) in [5, 5.41) is 12.5. The maximum atomic E-state index is 12.3. The molecule has 2 rings (SSSR count). The number of amides is 1. The highest BCUT2D eigenvalue weighted by atomic mass is 32.1. The fraction of sp³-hybridized carbons (Fsp3) is 0.158. The van der Waals surface area contributed by atoms with Crippen molar-refractivity contribution in [2.24, 2.45) is 0 Å². The van der Waals surface area contributed by atoms with Crippen molar-refractivity contribution in [2.45, 2.75) is 6.54 Å². The molecule has 0 bridgehead atoms. The molecule has 0 radical (unpaired) electrons. The SMILES string of the molecule is C=CCN(Cc1cccs1)C(=O)COC(=O)/C=C/c1ccc([N+](=O)[O-])cc1. The zero-order chi connectivity index (χ0) is 19.6. The smallest absolute Gasteiger partial charge is 0.331 e. The van der Waals surface area contributed by atoms with E-state index in [4.69, 9.17) is 4.74 Å². The number of thiophene rings is 1. The molecule has 2 aromatic rings. The summed E-state index contributed by atoms with van der Waals surface area (Å²) in [5.41, 5.74) is 0.572. The van der Waals surface area contributed by atoms with E-state index in [0.717, 1.165) is 4.88 Å². The Labute approximate surface area is 160 Å². The molecule has 7 nitrogen and oxygen atoms in total. The Morgan fingerprint density at radius 2 is 2.00 bits per heavy atom. The zero-order valence-electron chi connectivity index (χ0n) is 14.4. The number of non-ortho nitro benzene ring substituents is 1. The summed E-state index contributed by atoms with van der Waals surface area (Å²) >= 11 is 1.54. The number of benzene rings is 1. The topological polar surface area (TPSA) is 89.8 Å². The van der Waals surface area contributed by atoms with E-state index in [9.17, 15) is 19.7 Å². The van der Waals surface area contributed by atoms with Crippen LogP contribution in [0.5, 0.6) is 0 Å². The number of carbonyl (C=O) groups excluding carboxylic acids is 2. The van der Waals surface area contributed by atoms with Crippen LogP contribution in [-0.2, 0) is 20.9 Å². The summed E-state index contributed by atoms with van der Waals surface area (Å²) in [5.74, 6) is -0.989. The standard InChI is InChI=1S/C19H18N2O5S/c1-2-11-20(13-17-4-3-12-27-17)18(22)14-26-19(23)10-7-15-5-8-16(9-6-15)21(24)25/h2-10,12H,1,11,13-14H2/b10-7+. The Hall–Kier alpha value is -3.26. The molecular weight excluding hydrogens is 368 g/mol. The summed E-state index contributed by atoms with van der Waals surface area (Å²) in [6.07, 6.45) is 4.25. The molecule has 140 valence electrons. The predicted octanol–water partition coefficient (Wildman–Crippen LogP) is 3.43. The number of hydrogen-bond acceptors (Lipinski definition) is 6. The third-order valence-electron chi connectivity index (χ3n) is 3.48. The molecule has 0 spiro atoms. The van der Waals surface area contributed by atoms with Gasteiger partial charge in [-0.3, -0.25) is 14.9 Å². The van der Waals surface area contributed by atoms with E-state index < -0.39 is 10.9 Å². The first-order chi connectivity index (χ1) is 13.0. The zero-order valence-corrected chi connectivity index (χ0v) is 15.3. The normalized spacial score (nSPS) is 10.5. The molecular formula is C19H18N2O5S. The molecule has 1 aromatic carbocycles. The molecule has 0 saturated carbocycles. The fourth-order valence-corrected chi connectivity index (χ4v) is 2.86. The van der Waals surface area contributed by atoms with Crippen LogP contribution in [-0.4, -0.2) is 34.9 Å². The molecule has 0 aliphatic heterocycles. The van der Waals surface area contributed by atoms with Crippen molar-refractivity contribution in [3.05, 3.63) is 81.1 Å². The van der Waals surface area contributed by atoms with Crippen LogP contribution in [0.3, 0.4) is 0 Å². The largest absolute Gasteiger partial charge is 0.452 e. The van der Waals surface area contributed by atoms with Crippen molar-refractivity contribution in [2.75, 3.05) is 13.2 Å². The Kier molecular flexibility index (Phi) is 7.45. The van der Waals surface area contributed by atoms with E-state index in [-0.39, 0.29) is 18.2 Å². The van der Waals surface area contributed by atoms with Gasteiger partial charge in [0, 0.05) is 29.6 Å². The number of ether oxygens (including phenoxy) is 1. The molecule has 0 fully saturated rings. The van der Waals surface area contributed by atoms with Crippen LogP contribution in [0, 0.1) is 10.1 Å². The number of esters is 1. The molecule has 0 unspecified atom stereocenters. The third kappa shape index (κ3) is 6.52.